The number of rotatable bonds is 3. The molecule has 0 radical (unpaired) electrons. The fraction of sp³-hybridized carbons (Fsp3) is 0.154. The summed E-state index contributed by atoms with van der Waals surface area (Å²) in [5.74, 6) is 1.12. The van der Waals surface area contributed by atoms with Crippen molar-refractivity contribution in [3.63, 3.8) is 0 Å². The minimum atomic E-state index is -0.176. The van der Waals surface area contributed by atoms with E-state index in [9.17, 15) is 4.79 Å². The van der Waals surface area contributed by atoms with Gasteiger partial charge in [0.25, 0.3) is 5.56 Å². The van der Waals surface area contributed by atoms with Gasteiger partial charge in [0, 0.05) is 12.6 Å². The van der Waals surface area contributed by atoms with Crippen LogP contribution in [0.25, 0.3) is 0 Å². The quantitative estimate of drug-likeness (QED) is 0.853. The smallest absolute Gasteiger partial charge is 0.252 e. The Morgan fingerprint density at radius 2 is 2.11 bits per heavy atom. The summed E-state index contributed by atoms with van der Waals surface area (Å²) in [7, 11) is 0. The number of aromatic nitrogens is 2. The van der Waals surface area contributed by atoms with Crippen molar-refractivity contribution in [1.82, 2.24) is 9.97 Å². The number of aromatic amines is 1. The molecule has 5 heteroatoms. The summed E-state index contributed by atoms with van der Waals surface area (Å²) in [6, 6.07) is 10.7. The number of hydrogen-bond donors (Lipinski definition) is 2. The normalized spacial score (nSPS) is 9.78. The molecule has 1 aromatic carbocycles. The van der Waals surface area contributed by atoms with E-state index in [1.807, 2.05) is 12.1 Å². The van der Waals surface area contributed by atoms with Crippen LogP contribution >= 0.6 is 0 Å². The van der Waals surface area contributed by atoms with Crippen molar-refractivity contribution < 1.29 is 0 Å². The molecule has 2 rings (SSSR count). The molecule has 0 saturated heterocycles. The number of nitrogens with one attached hydrogen (secondary N) is 2. The predicted octanol–water partition coefficient (Wildman–Crippen LogP) is 1.56. The van der Waals surface area contributed by atoms with Gasteiger partial charge in [0.05, 0.1) is 11.6 Å². The van der Waals surface area contributed by atoms with Gasteiger partial charge in [-0.05, 0) is 24.6 Å². The second kappa shape index (κ2) is 5.15. The first kappa shape index (κ1) is 11.9. The van der Waals surface area contributed by atoms with E-state index in [4.69, 9.17) is 5.26 Å². The zero-order chi connectivity index (χ0) is 13.0. The van der Waals surface area contributed by atoms with Crippen LogP contribution in [-0.2, 0) is 6.54 Å². The van der Waals surface area contributed by atoms with Crippen LogP contribution in [0.2, 0.25) is 0 Å². The summed E-state index contributed by atoms with van der Waals surface area (Å²) in [5.41, 5.74) is 1.47. The molecule has 1 aromatic heterocycles. The van der Waals surface area contributed by atoms with Crippen molar-refractivity contribution in [3.8, 4) is 6.07 Å². The maximum atomic E-state index is 11.2. The Hall–Kier alpha value is -2.61. The molecule has 0 atom stereocenters. The van der Waals surface area contributed by atoms with E-state index in [1.165, 1.54) is 6.07 Å². The highest BCUT2D eigenvalue weighted by Gasteiger charge is 1.98. The van der Waals surface area contributed by atoms with Crippen LogP contribution in [-0.4, -0.2) is 9.97 Å². The number of aryl methyl sites for hydroxylation is 1. The summed E-state index contributed by atoms with van der Waals surface area (Å²) < 4.78 is 0. The molecule has 18 heavy (non-hydrogen) atoms. The summed E-state index contributed by atoms with van der Waals surface area (Å²) in [6.45, 7) is 2.29. The molecule has 1 heterocycles. The molecule has 0 aliphatic heterocycles. The van der Waals surface area contributed by atoms with E-state index >= 15 is 0 Å². The highest BCUT2D eigenvalue weighted by molar-refractivity contribution is 5.36. The highest BCUT2D eigenvalue weighted by Crippen LogP contribution is 2.06. The van der Waals surface area contributed by atoms with Crippen molar-refractivity contribution in [2.75, 3.05) is 5.32 Å². The molecule has 0 unspecified atom stereocenters. The van der Waals surface area contributed by atoms with E-state index in [2.05, 4.69) is 21.4 Å². The van der Waals surface area contributed by atoms with Crippen LogP contribution in [0, 0.1) is 18.3 Å². The largest absolute Gasteiger partial charge is 0.366 e. The molecule has 0 aliphatic rings. The first-order valence-corrected chi connectivity index (χ1v) is 5.48. The summed E-state index contributed by atoms with van der Waals surface area (Å²) in [5, 5.41) is 11.7. The Morgan fingerprint density at radius 1 is 1.39 bits per heavy atom. The van der Waals surface area contributed by atoms with E-state index in [1.54, 1.807) is 19.1 Å². The van der Waals surface area contributed by atoms with Gasteiger partial charge in [0.15, 0.2) is 0 Å². The molecule has 0 amide bonds. The Kier molecular flexibility index (Phi) is 3.39. The number of H-pyrrole nitrogens is 1. The van der Waals surface area contributed by atoms with Gasteiger partial charge in [-0.3, -0.25) is 4.79 Å². The van der Waals surface area contributed by atoms with Crippen molar-refractivity contribution in [2.45, 2.75) is 13.5 Å². The van der Waals surface area contributed by atoms with Gasteiger partial charge < -0.3 is 10.3 Å². The molecule has 0 saturated carbocycles. The van der Waals surface area contributed by atoms with Crippen LogP contribution in [0.1, 0.15) is 17.0 Å². The summed E-state index contributed by atoms with van der Waals surface area (Å²) >= 11 is 0. The Balaban J connectivity index is 2.06. The van der Waals surface area contributed by atoms with Crippen LogP contribution in [0.15, 0.2) is 35.1 Å². The number of nitriles is 1. The summed E-state index contributed by atoms with van der Waals surface area (Å²) in [6.07, 6.45) is 0. The molecular weight excluding hydrogens is 228 g/mol. The lowest BCUT2D eigenvalue weighted by molar-refractivity contribution is 0.997. The standard InChI is InChI=1S/C13H12N4O/c1-9-16-12(6-13(18)17-9)15-8-11-4-2-10(7-14)3-5-11/h2-6H,8H2,1H3,(H2,15,16,17,18). The van der Waals surface area contributed by atoms with Crippen LogP contribution in [0.3, 0.4) is 0 Å². The molecular formula is C13H12N4O. The van der Waals surface area contributed by atoms with Crippen LogP contribution in [0.4, 0.5) is 5.82 Å². The van der Waals surface area contributed by atoms with Crippen molar-refractivity contribution in [2.24, 2.45) is 0 Å². The van der Waals surface area contributed by atoms with Crippen molar-refractivity contribution in [3.05, 3.63) is 57.6 Å². The summed E-state index contributed by atoms with van der Waals surface area (Å²) in [4.78, 5) is 18.0. The molecule has 0 bridgehead atoms. The van der Waals surface area contributed by atoms with Gasteiger partial charge in [-0.15, -0.1) is 0 Å². The third-order valence-electron chi connectivity index (χ3n) is 2.42. The van der Waals surface area contributed by atoms with Gasteiger partial charge in [-0.1, -0.05) is 12.1 Å². The topological polar surface area (TPSA) is 81.6 Å². The first-order chi connectivity index (χ1) is 8.67. The minimum absolute atomic E-state index is 0.176. The van der Waals surface area contributed by atoms with Crippen LogP contribution < -0.4 is 10.9 Å². The molecule has 5 nitrogen and oxygen atoms in total. The average Bonchev–Trinajstić information content (AvgIpc) is 2.36. The maximum absolute atomic E-state index is 11.2. The van der Waals surface area contributed by atoms with E-state index in [-0.39, 0.29) is 5.56 Å². The SMILES string of the molecule is Cc1nc(NCc2ccc(C#N)cc2)cc(=O)[nH]1. The fourth-order valence-corrected chi connectivity index (χ4v) is 1.56. The lowest BCUT2D eigenvalue weighted by Gasteiger charge is -2.05. The minimum Gasteiger partial charge on any atom is -0.366 e. The molecule has 0 fully saturated rings. The second-order valence-electron chi connectivity index (χ2n) is 3.88. The Bertz CT molecular complexity index is 637. The number of hydrogen-bond acceptors (Lipinski definition) is 4. The average molecular weight is 240 g/mol. The number of nitrogens with zero attached hydrogens (tertiary/aromatic N) is 2. The van der Waals surface area contributed by atoms with Gasteiger partial charge in [0.1, 0.15) is 11.6 Å². The first-order valence-electron chi connectivity index (χ1n) is 5.48. The molecule has 0 spiro atoms. The lowest BCUT2D eigenvalue weighted by Crippen LogP contribution is -2.11. The van der Waals surface area contributed by atoms with E-state index in [0.717, 1.165) is 5.56 Å². The zero-order valence-electron chi connectivity index (χ0n) is 9.90. The Morgan fingerprint density at radius 3 is 2.72 bits per heavy atom. The highest BCUT2D eigenvalue weighted by atomic mass is 16.1. The third kappa shape index (κ3) is 2.95. The van der Waals surface area contributed by atoms with E-state index < -0.39 is 0 Å². The van der Waals surface area contributed by atoms with Crippen molar-refractivity contribution in [1.29, 1.82) is 5.26 Å². The lowest BCUT2D eigenvalue weighted by atomic mass is 10.1. The van der Waals surface area contributed by atoms with Gasteiger partial charge in [0.2, 0.25) is 0 Å². The van der Waals surface area contributed by atoms with Crippen LogP contribution in [0.5, 0.6) is 0 Å². The maximum Gasteiger partial charge on any atom is 0.252 e. The molecule has 0 aliphatic carbocycles. The fourth-order valence-electron chi connectivity index (χ4n) is 1.56. The van der Waals surface area contributed by atoms with Gasteiger partial charge in [-0.25, -0.2) is 4.98 Å². The second-order valence-corrected chi connectivity index (χ2v) is 3.88. The van der Waals surface area contributed by atoms with Gasteiger partial charge >= 0.3 is 0 Å². The van der Waals surface area contributed by atoms with Gasteiger partial charge in [-0.2, -0.15) is 5.26 Å². The number of anilines is 1. The van der Waals surface area contributed by atoms with E-state index in [0.29, 0.717) is 23.8 Å². The molecule has 2 N–H and O–H groups in total. The third-order valence-corrected chi connectivity index (χ3v) is 2.42. The molecule has 90 valence electrons. The van der Waals surface area contributed by atoms with Crippen molar-refractivity contribution >= 4 is 5.82 Å². The molecule has 2 aromatic rings. The number of benzene rings is 1. The Labute approximate surface area is 104 Å². The predicted molar refractivity (Wildman–Crippen MR) is 68.1 cm³/mol. The monoisotopic (exact) mass is 240 g/mol. The zero-order valence-corrected chi connectivity index (χ0v) is 9.90.